The Bertz CT molecular complexity index is 500. The molecule has 1 saturated heterocycles. The zero-order valence-electron chi connectivity index (χ0n) is 9.51. The average Bonchev–Trinajstić information content (AvgIpc) is 2.54. The lowest BCUT2D eigenvalue weighted by Gasteiger charge is -2.19. The molecule has 0 bridgehead atoms. The third-order valence-corrected chi connectivity index (χ3v) is 4.38. The van der Waals surface area contributed by atoms with Crippen molar-refractivity contribution in [1.29, 1.82) is 0 Å². The molecule has 6 nitrogen and oxygen atoms in total. The Balaban J connectivity index is 1.82. The topological polar surface area (TPSA) is 89.2 Å². The van der Waals surface area contributed by atoms with Crippen LogP contribution in [0.5, 0.6) is 0 Å². The van der Waals surface area contributed by atoms with Gasteiger partial charge in [0, 0.05) is 11.5 Å². The van der Waals surface area contributed by atoms with Gasteiger partial charge in [-0.2, -0.15) is 0 Å². The molecule has 1 aromatic rings. The number of rotatable bonds is 2. The lowest BCUT2D eigenvalue weighted by molar-refractivity contribution is -0.143. The Morgan fingerprint density at radius 1 is 1.35 bits per heavy atom. The minimum Gasteiger partial charge on any atom is -0.388 e. The van der Waals surface area contributed by atoms with Gasteiger partial charge in [-0.3, -0.25) is 14.5 Å². The minimum absolute atomic E-state index is 0.0996. The molecule has 1 aliphatic heterocycles. The highest BCUT2D eigenvalue weighted by atomic mass is 32.1. The van der Waals surface area contributed by atoms with Gasteiger partial charge in [0.25, 0.3) is 0 Å². The van der Waals surface area contributed by atoms with E-state index in [4.69, 9.17) is 5.73 Å². The van der Waals surface area contributed by atoms with Crippen LogP contribution >= 0.6 is 11.5 Å². The fraction of sp³-hybridized carbons (Fsp3) is 0.600. The number of nitrogen functional groups attached to an aromatic ring is 1. The van der Waals surface area contributed by atoms with Crippen molar-refractivity contribution in [3.05, 3.63) is 5.69 Å². The number of carbonyl (C=O) groups is 2. The van der Waals surface area contributed by atoms with Gasteiger partial charge in [0.15, 0.2) is 0 Å². The van der Waals surface area contributed by atoms with Crippen molar-refractivity contribution in [2.45, 2.75) is 20.4 Å². The van der Waals surface area contributed by atoms with E-state index in [2.05, 4.69) is 9.59 Å². The summed E-state index contributed by atoms with van der Waals surface area (Å²) in [5, 5.41) is 4.29. The average molecular weight is 252 g/mol. The van der Waals surface area contributed by atoms with E-state index in [1.54, 1.807) is 0 Å². The van der Waals surface area contributed by atoms with Gasteiger partial charge < -0.3 is 5.73 Å². The monoisotopic (exact) mass is 252 g/mol. The normalized spacial score (nSPS) is 29.6. The highest BCUT2D eigenvalue weighted by Gasteiger charge is 2.72. The lowest BCUT2D eigenvalue weighted by Crippen LogP contribution is -2.35. The van der Waals surface area contributed by atoms with Crippen LogP contribution in [0.15, 0.2) is 0 Å². The van der Waals surface area contributed by atoms with Crippen molar-refractivity contribution in [1.82, 2.24) is 14.5 Å². The van der Waals surface area contributed by atoms with Gasteiger partial charge in [0.1, 0.15) is 10.7 Å². The molecule has 2 heterocycles. The molecule has 2 N–H and O–H groups in total. The molecule has 0 radical (unpaired) electrons. The Morgan fingerprint density at radius 2 is 1.94 bits per heavy atom. The maximum Gasteiger partial charge on any atom is 0.234 e. The number of aromatic nitrogens is 2. The number of carbonyl (C=O) groups excluding carboxylic acids is 2. The highest BCUT2D eigenvalue weighted by Crippen LogP contribution is 2.63. The van der Waals surface area contributed by atoms with Gasteiger partial charge in [-0.25, -0.2) is 0 Å². The minimum atomic E-state index is -0.170. The number of hydrogen-bond acceptors (Lipinski definition) is 6. The predicted molar refractivity (Wildman–Crippen MR) is 60.6 cm³/mol. The second-order valence-electron chi connectivity index (χ2n) is 5.12. The molecule has 1 saturated carbocycles. The fourth-order valence-electron chi connectivity index (χ4n) is 2.63. The number of likely N-dealkylation sites (tertiary alicyclic amines) is 1. The van der Waals surface area contributed by atoms with Gasteiger partial charge in [-0.05, 0) is 5.41 Å². The molecule has 2 fully saturated rings. The second kappa shape index (κ2) is 3.04. The zero-order chi connectivity index (χ0) is 12.4. The van der Waals surface area contributed by atoms with Crippen LogP contribution in [-0.4, -0.2) is 26.3 Å². The van der Waals surface area contributed by atoms with E-state index in [9.17, 15) is 9.59 Å². The fourth-order valence-corrected chi connectivity index (χ4v) is 3.07. The smallest absolute Gasteiger partial charge is 0.234 e. The predicted octanol–water partition coefficient (Wildman–Crippen LogP) is 0.261. The van der Waals surface area contributed by atoms with Gasteiger partial charge in [-0.15, -0.1) is 5.10 Å². The summed E-state index contributed by atoms with van der Waals surface area (Å²) in [5.41, 5.74) is 5.99. The summed E-state index contributed by atoms with van der Waals surface area (Å²) in [5.74, 6) is -0.500. The molecule has 90 valence electrons. The van der Waals surface area contributed by atoms with Gasteiger partial charge in [-0.1, -0.05) is 18.3 Å². The number of amides is 2. The Kier molecular flexibility index (Phi) is 1.90. The van der Waals surface area contributed by atoms with Crippen molar-refractivity contribution >= 4 is 28.3 Å². The maximum atomic E-state index is 12.0. The second-order valence-corrected chi connectivity index (χ2v) is 5.91. The Morgan fingerprint density at radius 3 is 2.41 bits per heavy atom. The number of hydrogen-bond donors (Lipinski definition) is 1. The Hall–Kier alpha value is -1.50. The van der Waals surface area contributed by atoms with E-state index in [1.165, 1.54) is 4.90 Å². The van der Waals surface area contributed by atoms with Crippen molar-refractivity contribution in [2.24, 2.45) is 17.3 Å². The molecule has 1 aliphatic carbocycles. The van der Waals surface area contributed by atoms with E-state index in [-0.39, 0.29) is 35.6 Å². The number of anilines is 1. The summed E-state index contributed by atoms with van der Waals surface area (Å²) in [4.78, 5) is 25.3. The highest BCUT2D eigenvalue weighted by molar-refractivity contribution is 7.09. The molecular weight excluding hydrogens is 240 g/mol. The Labute approximate surface area is 102 Å². The standard InChI is InChI=1S/C10H12N4O2S/c1-10(2)5-6(10)9(16)14(8(5)15)3-4-7(11)17-13-12-4/h5-6H,3,11H2,1-2H3. The van der Waals surface area contributed by atoms with Gasteiger partial charge in [0.2, 0.25) is 11.8 Å². The van der Waals surface area contributed by atoms with Crippen LogP contribution < -0.4 is 5.73 Å². The first-order valence-electron chi connectivity index (χ1n) is 5.36. The molecule has 3 rings (SSSR count). The van der Waals surface area contributed by atoms with Crippen molar-refractivity contribution in [3.8, 4) is 0 Å². The molecule has 0 spiro atoms. The summed E-state index contributed by atoms with van der Waals surface area (Å²) in [7, 11) is 0. The van der Waals surface area contributed by atoms with Crippen LogP contribution in [0.2, 0.25) is 0 Å². The van der Waals surface area contributed by atoms with E-state index < -0.39 is 0 Å². The number of nitrogens with two attached hydrogens (primary N) is 1. The lowest BCUT2D eigenvalue weighted by atomic mass is 10.1. The molecule has 0 aromatic carbocycles. The molecule has 2 unspecified atom stereocenters. The van der Waals surface area contributed by atoms with Crippen molar-refractivity contribution in [2.75, 3.05) is 5.73 Å². The first-order chi connectivity index (χ1) is 7.94. The molecular formula is C10H12N4O2S. The van der Waals surface area contributed by atoms with Gasteiger partial charge in [0.05, 0.1) is 18.4 Å². The zero-order valence-corrected chi connectivity index (χ0v) is 10.3. The molecule has 7 heteroatoms. The van der Waals surface area contributed by atoms with E-state index in [1.807, 2.05) is 13.8 Å². The van der Waals surface area contributed by atoms with Crippen LogP contribution in [0, 0.1) is 17.3 Å². The first-order valence-corrected chi connectivity index (χ1v) is 6.14. The maximum absolute atomic E-state index is 12.0. The molecule has 2 amide bonds. The third-order valence-electron chi connectivity index (χ3n) is 3.78. The van der Waals surface area contributed by atoms with Crippen molar-refractivity contribution < 1.29 is 9.59 Å². The van der Waals surface area contributed by atoms with Gasteiger partial charge >= 0.3 is 0 Å². The molecule has 17 heavy (non-hydrogen) atoms. The SMILES string of the molecule is CC1(C)C2C(=O)N(Cc3nnsc3N)C(=O)C21. The number of fused-ring (bicyclic) bond motifs is 1. The summed E-state index contributed by atoms with van der Waals surface area (Å²) < 4.78 is 3.69. The largest absolute Gasteiger partial charge is 0.388 e. The van der Waals surface area contributed by atoms with E-state index in [0.29, 0.717) is 10.7 Å². The summed E-state index contributed by atoms with van der Waals surface area (Å²) in [6, 6.07) is 0. The van der Waals surface area contributed by atoms with E-state index in [0.717, 1.165) is 11.5 Å². The molecule has 2 atom stereocenters. The summed E-state index contributed by atoms with van der Waals surface area (Å²) in [6.45, 7) is 4.06. The summed E-state index contributed by atoms with van der Waals surface area (Å²) in [6.07, 6.45) is 0. The van der Waals surface area contributed by atoms with Crippen LogP contribution in [-0.2, 0) is 16.1 Å². The van der Waals surface area contributed by atoms with E-state index >= 15 is 0 Å². The van der Waals surface area contributed by atoms with Crippen LogP contribution in [0.4, 0.5) is 5.00 Å². The van der Waals surface area contributed by atoms with Crippen LogP contribution in [0.25, 0.3) is 0 Å². The van der Waals surface area contributed by atoms with Crippen molar-refractivity contribution in [3.63, 3.8) is 0 Å². The third kappa shape index (κ3) is 1.25. The summed E-state index contributed by atoms with van der Waals surface area (Å²) >= 11 is 1.07. The number of imide groups is 1. The van der Waals surface area contributed by atoms with Crippen LogP contribution in [0.1, 0.15) is 19.5 Å². The number of nitrogens with zero attached hydrogens (tertiary/aromatic N) is 3. The molecule has 2 aliphatic rings. The van der Waals surface area contributed by atoms with Crippen LogP contribution in [0.3, 0.4) is 0 Å². The first kappa shape index (κ1) is 10.6. The molecule has 1 aromatic heterocycles. The quantitative estimate of drug-likeness (QED) is 0.763. The number of piperidine rings is 1.